The lowest BCUT2D eigenvalue weighted by atomic mass is 10.1. The van der Waals surface area contributed by atoms with E-state index in [0.717, 1.165) is 21.7 Å². The Hall–Kier alpha value is -1.27. The lowest BCUT2D eigenvalue weighted by molar-refractivity contribution is -0.136. The largest absolute Gasteiger partial charge is 0.481 e. The van der Waals surface area contributed by atoms with Gasteiger partial charge >= 0.3 is 5.97 Å². The van der Waals surface area contributed by atoms with Crippen LogP contribution in [0.15, 0.2) is 41.3 Å². The number of aryl methyl sites for hydroxylation is 1. The Morgan fingerprint density at radius 1 is 1.24 bits per heavy atom. The van der Waals surface area contributed by atoms with Crippen molar-refractivity contribution < 1.29 is 9.90 Å². The second-order valence-corrected chi connectivity index (χ2v) is 8.33. The molecular weight excluding hydrogens is 397 g/mol. The van der Waals surface area contributed by atoms with Gasteiger partial charge in [0.25, 0.3) is 0 Å². The highest BCUT2D eigenvalue weighted by Crippen LogP contribution is 2.42. The molecule has 25 heavy (non-hydrogen) atoms. The normalized spacial score (nSPS) is 16.7. The van der Waals surface area contributed by atoms with Gasteiger partial charge in [-0.05, 0) is 42.3 Å². The van der Waals surface area contributed by atoms with Crippen LogP contribution in [0.5, 0.6) is 0 Å². The van der Waals surface area contributed by atoms with Gasteiger partial charge in [-0.15, -0.1) is 11.8 Å². The van der Waals surface area contributed by atoms with Crippen molar-refractivity contribution in [3.63, 3.8) is 0 Å². The Bertz CT molecular complexity index is 857. The number of hydrogen-bond acceptors (Lipinski definition) is 3. The number of benzene rings is 2. The number of rotatable bonds is 4. The summed E-state index contributed by atoms with van der Waals surface area (Å²) in [6.07, 6.45) is -0.00527. The van der Waals surface area contributed by atoms with Crippen LogP contribution in [0.3, 0.4) is 0 Å². The van der Waals surface area contributed by atoms with Gasteiger partial charge in [-0.25, -0.2) is 0 Å². The van der Waals surface area contributed by atoms with Crippen molar-refractivity contribution in [3.05, 3.63) is 57.6 Å². The van der Waals surface area contributed by atoms with Gasteiger partial charge in [-0.3, -0.25) is 4.79 Å². The lowest BCUT2D eigenvalue weighted by Crippen LogP contribution is -2.40. The van der Waals surface area contributed by atoms with Crippen LogP contribution in [0, 0.1) is 6.92 Å². The molecule has 2 aromatic carbocycles. The highest BCUT2D eigenvalue weighted by Gasteiger charge is 2.32. The van der Waals surface area contributed by atoms with Gasteiger partial charge in [0.2, 0.25) is 0 Å². The van der Waals surface area contributed by atoms with Gasteiger partial charge in [0, 0.05) is 11.4 Å². The Balaban J connectivity index is 1.99. The number of thiocarbonyl (C=S) groups is 1. The molecule has 1 atom stereocenters. The second kappa shape index (κ2) is 7.54. The Kier molecular flexibility index (Phi) is 5.58. The molecule has 3 nitrogen and oxygen atoms in total. The van der Waals surface area contributed by atoms with Crippen LogP contribution >= 0.6 is 47.2 Å². The summed E-state index contributed by atoms with van der Waals surface area (Å²) < 4.78 is 0. The first-order valence-electron chi connectivity index (χ1n) is 7.59. The molecule has 0 amide bonds. The van der Waals surface area contributed by atoms with E-state index in [9.17, 15) is 9.90 Å². The average Bonchev–Trinajstić information content (AvgIpc) is 2.55. The van der Waals surface area contributed by atoms with Gasteiger partial charge in [0.05, 0.1) is 32.4 Å². The average molecular weight is 412 g/mol. The number of anilines is 1. The van der Waals surface area contributed by atoms with Crippen molar-refractivity contribution in [1.82, 2.24) is 0 Å². The van der Waals surface area contributed by atoms with E-state index in [4.69, 9.17) is 35.4 Å². The number of thioether (sulfide) groups is 1. The minimum Gasteiger partial charge on any atom is -0.481 e. The van der Waals surface area contributed by atoms with Crippen LogP contribution in [0.4, 0.5) is 5.69 Å². The number of fused-ring (bicyclic) bond motifs is 1. The van der Waals surface area contributed by atoms with Crippen LogP contribution < -0.4 is 4.90 Å². The molecule has 1 aliphatic heterocycles. The van der Waals surface area contributed by atoms with Crippen LogP contribution in [0.25, 0.3) is 0 Å². The van der Waals surface area contributed by atoms with Crippen LogP contribution in [0.2, 0.25) is 10.0 Å². The summed E-state index contributed by atoms with van der Waals surface area (Å²) in [5, 5.41) is 9.91. The fourth-order valence-electron chi connectivity index (χ4n) is 2.71. The Morgan fingerprint density at radius 2 is 2.00 bits per heavy atom. The molecule has 0 fully saturated rings. The van der Waals surface area contributed by atoms with Gasteiger partial charge in [0.1, 0.15) is 0 Å². The molecule has 0 saturated carbocycles. The summed E-state index contributed by atoms with van der Waals surface area (Å²) in [4.78, 5) is 14.9. The molecule has 0 spiro atoms. The summed E-state index contributed by atoms with van der Waals surface area (Å²) in [5.74, 6) is -0.857. The number of hydrogen-bond donors (Lipinski definition) is 1. The molecule has 0 aromatic heterocycles. The van der Waals surface area contributed by atoms with Crippen LogP contribution in [-0.4, -0.2) is 21.3 Å². The second-order valence-electron chi connectivity index (χ2n) is 5.85. The van der Waals surface area contributed by atoms with E-state index in [1.165, 1.54) is 11.8 Å². The number of nitrogens with zero attached hydrogens (tertiary/aromatic N) is 1. The highest BCUT2D eigenvalue weighted by molar-refractivity contribution is 8.02. The van der Waals surface area contributed by atoms with Crippen molar-refractivity contribution in [2.75, 3.05) is 4.90 Å². The van der Waals surface area contributed by atoms with E-state index in [1.54, 1.807) is 6.07 Å². The molecule has 1 heterocycles. The maximum absolute atomic E-state index is 11.2. The zero-order valence-corrected chi connectivity index (χ0v) is 16.5. The quantitative estimate of drug-likeness (QED) is 0.664. The summed E-state index contributed by atoms with van der Waals surface area (Å²) in [5.41, 5.74) is 3.09. The number of aliphatic carboxylic acids is 1. The van der Waals surface area contributed by atoms with Gasteiger partial charge in [0.15, 0.2) is 0 Å². The summed E-state index contributed by atoms with van der Waals surface area (Å²) >= 11 is 19.3. The zero-order valence-electron chi connectivity index (χ0n) is 13.3. The molecule has 0 radical (unpaired) electrons. The van der Waals surface area contributed by atoms with Gasteiger partial charge < -0.3 is 10.0 Å². The maximum Gasteiger partial charge on any atom is 0.304 e. The summed E-state index contributed by atoms with van der Waals surface area (Å²) in [6, 6.07) is 11.6. The van der Waals surface area contributed by atoms with Crippen molar-refractivity contribution in [1.29, 1.82) is 0 Å². The fourth-order valence-corrected chi connectivity index (χ4v) is 4.61. The van der Waals surface area contributed by atoms with Crippen molar-refractivity contribution >= 4 is 63.8 Å². The number of carboxylic acids is 1. The van der Waals surface area contributed by atoms with E-state index < -0.39 is 5.97 Å². The van der Waals surface area contributed by atoms with E-state index in [0.29, 0.717) is 21.6 Å². The predicted molar refractivity (Wildman–Crippen MR) is 108 cm³/mol. The minimum absolute atomic E-state index is 0.00527. The van der Waals surface area contributed by atoms with Crippen molar-refractivity contribution in [2.45, 2.75) is 30.0 Å². The first-order valence-corrected chi connectivity index (χ1v) is 9.64. The molecule has 0 saturated heterocycles. The molecule has 7 heteroatoms. The van der Waals surface area contributed by atoms with E-state index in [1.807, 2.05) is 36.1 Å². The third-order valence-electron chi connectivity index (χ3n) is 3.90. The first kappa shape index (κ1) is 18.5. The molecule has 0 bridgehead atoms. The smallest absolute Gasteiger partial charge is 0.304 e. The standard InChI is InChI=1S/C18H15Cl2NO2S2/c1-10-2-5-15-14(6-10)21(18(24)16(25-15)8-17(22)23)9-11-3-4-12(19)13(20)7-11/h2-7,16H,8-9H2,1H3,(H,22,23). The molecule has 0 aliphatic carbocycles. The van der Waals surface area contributed by atoms with E-state index in [-0.39, 0.29) is 11.7 Å². The predicted octanol–water partition coefficient (Wildman–Crippen LogP) is 5.58. The van der Waals surface area contributed by atoms with Gasteiger partial charge in [-0.2, -0.15) is 0 Å². The molecule has 3 rings (SSSR count). The van der Waals surface area contributed by atoms with Crippen LogP contribution in [0.1, 0.15) is 17.5 Å². The molecule has 1 aliphatic rings. The molecule has 1 N–H and O–H groups in total. The third-order valence-corrected chi connectivity index (χ3v) is 6.57. The zero-order chi connectivity index (χ0) is 18.1. The number of carboxylic acid groups (broad SMARTS) is 1. The summed E-state index contributed by atoms with van der Waals surface area (Å²) in [7, 11) is 0. The monoisotopic (exact) mass is 411 g/mol. The maximum atomic E-state index is 11.2. The van der Waals surface area contributed by atoms with Gasteiger partial charge in [-0.1, -0.05) is 47.6 Å². The van der Waals surface area contributed by atoms with Crippen molar-refractivity contribution in [2.24, 2.45) is 0 Å². The topological polar surface area (TPSA) is 40.5 Å². The van der Waals surface area contributed by atoms with Crippen molar-refractivity contribution in [3.8, 4) is 0 Å². The first-order chi connectivity index (χ1) is 11.8. The Labute approximate surface area is 165 Å². The van der Waals surface area contributed by atoms with E-state index in [2.05, 4.69) is 6.07 Å². The SMILES string of the molecule is Cc1ccc2c(c1)N(Cc1ccc(Cl)c(Cl)c1)C(=S)C(CC(=O)O)S2. The van der Waals surface area contributed by atoms with E-state index >= 15 is 0 Å². The fraction of sp³-hybridized carbons (Fsp3) is 0.222. The highest BCUT2D eigenvalue weighted by atomic mass is 35.5. The molecule has 130 valence electrons. The molecular formula is C18H15Cl2NO2S2. The summed E-state index contributed by atoms with van der Waals surface area (Å²) in [6.45, 7) is 2.54. The number of halogens is 2. The minimum atomic E-state index is -0.857. The molecule has 2 aromatic rings. The van der Waals surface area contributed by atoms with Crippen LogP contribution in [-0.2, 0) is 11.3 Å². The number of carbonyl (C=O) groups is 1. The molecule has 1 unspecified atom stereocenters. The Morgan fingerprint density at radius 3 is 2.68 bits per heavy atom. The third kappa shape index (κ3) is 4.11. The lowest BCUT2D eigenvalue weighted by Gasteiger charge is -2.36.